The molecule has 2 N–H and O–H groups in total. The van der Waals surface area contributed by atoms with Crippen molar-refractivity contribution in [1.29, 1.82) is 0 Å². The Morgan fingerprint density at radius 1 is 1.17 bits per heavy atom. The minimum Gasteiger partial charge on any atom is -0.358 e. The Hall–Kier alpha value is -3.88. The van der Waals surface area contributed by atoms with Crippen LogP contribution in [0.15, 0.2) is 42.9 Å². The SMILES string of the molecule is CNC(=O)Cn1cc2nccc(Nc3c(C)c(C)nc(-c4ccccn4)c3F)c2n1. The van der Waals surface area contributed by atoms with Crippen molar-refractivity contribution in [3.05, 3.63) is 59.9 Å². The summed E-state index contributed by atoms with van der Waals surface area (Å²) < 4.78 is 17.0. The van der Waals surface area contributed by atoms with Crippen molar-refractivity contribution >= 4 is 28.3 Å². The molecule has 1 amide bonds. The second-order valence-corrected chi connectivity index (χ2v) is 6.79. The van der Waals surface area contributed by atoms with Gasteiger partial charge < -0.3 is 10.6 Å². The predicted molar refractivity (Wildman–Crippen MR) is 112 cm³/mol. The molecule has 0 atom stereocenters. The van der Waals surface area contributed by atoms with E-state index in [1.807, 2.05) is 6.92 Å². The number of halogens is 1. The van der Waals surface area contributed by atoms with Gasteiger partial charge in [0.2, 0.25) is 5.91 Å². The number of nitrogens with one attached hydrogen (secondary N) is 2. The molecule has 4 aromatic heterocycles. The van der Waals surface area contributed by atoms with E-state index in [2.05, 4.69) is 30.7 Å². The van der Waals surface area contributed by atoms with Gasteiger partial charge in [-0.25, -0.2) is 9.37 Å². The van der Waals surface area contributed by atoms with Crippen molar-refractivity contribution in [3.63, 3.8) is 0 Å². The van der Waals surface area contributed by atoms with Gasteiger partial charge in [-0.2, -0.15) is 5.10 Å². The minimum absolute atomic E-state index is 0.0673. The molecule has 9 heteroatoms. The van der Waals surface area contributed by atoms with Crippen molar-refractivity contribution in [2.75, 3.05) is 12.4 Å². The number of aryl methyl sites for hydroxylation is 1. The van der Waals surface area contributed by atoms with Crippen molar-refractivity contribution in [3.8, 4) is 11.4 Å². The number of amides is 1. The van der Waals surface area contributed by atoms with E-state index < -0.39 is 5.82 Å². The van der Waals surface area contributed by atoms with Crippen molar-refractivity contribution < 1.29 is 9.18 Å². The number of carbonyl (C=O) groups is 1. The lowest BCUT2D eigenvalue weighted by Crippen LogP contribution is -2.23. The van der Waals surface area contributed by atoms with Gasteiger partial charge in [0.1, 0.15) is 23.3 Å². The number of aromatic nitrogens is 5. The van der Waals surface area contributed by atoms with Crippen LogP contribution in [0.3, 0.4) is 0 Å². The summed E-state index contributed by atoms with van der Waals surface area (Å²) in [7, 11) is 1.56. The van der Waals surface area contributed by atoms with Gasteiger partial charge in [-0.3, -0.25) is 19.4 Å². The fourth-order valence-corrected chi connectivity index (χ4v) is 3.10. The Kier molecular flexibility index (Phi) is 5.09. The van der Waals surface area contributed by atoms with Crippen LogP contribution in [0.5, 0.6) is 0 Å². The van der Waals surface area contributed by atoms with Gasteiger partial charge in [-0.15, -0.1) is 0 Å². The lowest BCUT2D eigenvalue weighted by Gasteiger charge is -2.15. The van der Waals surface area contributed by atoms with Crippen LogP contribution in [0.4, 0.5) is 15.8 Å². The van der Waals surface area contributed by atoms with E-state index in [-0.39, 0.29) is 18.1 Å². The second kappa shape index (κ2) is 7.86. The maximum absolute atomic E-state index is 15.4. The number of pyridine rings is 3. The van der Waals surface area contributed by atoms with E-state index in [1.165, 1.54) is 4.68 Å². The van der Waals surface area contributed by atoms with E-state index in [9.17, 15) is 4.79 Å². The monoisotopic (exact) mass is 405 g/mol. The van der Waals surface area contributed by atoms with Crippen LogP contribution in [-0.4, -0.2) is 37.7 Å². The first-order valence-corrected chi connectivity index (χ1v) is 9.35. The molecule has 0 aliphatic rings. The number of hydrogen-bond donors (Lipinski definition) is 2. The Morgan fingerprint density at radius 3 is 2.73 bits per heavy atom. The summed E-state index contributed by atoms with van der Waals surface area (Å²) in [6.07, 6.45) is 4.89. The van der Waals surface area contributed by atoms with Gasteiger partial charge in [-0.05, 0) is 37.6 Å². The first-order chi connectivity index (χ1) is 14.5. The molecular weight excluding hydrogens is 385 g/mol. The fraction of sp³-hybridized carbons (Fsp3) is 0.190. The van der Waals surface area contributed by atoms with Gasteiger partial charge in [0.25, 0.3) is 0 Å². The topological polar surface area (TPSA) is 97.6 Å². The molecule has 4 rings (SSSR count). The van der Waals surface area contributed by atoms with E-state index in [0.717, 1.165) is 0 Å². The van der Waals surface area contributed by atoms with Gasteiger partial charge in [0, 0.05) is 25.1 Å². The quantitative estimate of drug-likeness (QED) is 0.529. The summed E-state index contributed by atoms with van der Waals surface area (Å²) in [5.41, 5.74) is 4.02. The molecule has 0 saturated carbocycles. The molecule has 30 heavy (non-hydrogen) atoms. The summed E-state index contributed by atoms with van der Waals surface area (Å²) in [5, 5.41) is 10.2. The molecule has 0 aliphatic heterocycles. The summed E-state index contributed by atoms with van der Waals surface area (Å²) in [6, 6.07) is 6.99. The van der Waals surface area contributed by atoms with Gasteiger partial charge in [0.15, 0.2) is 5.82 Å². The van der Waals surface area contributed by atoms with E-state index >= 15 is 4.39 Å². The van der Waals surface area contributed by atoms with E-state index in [1.54, 1.807) is 56.8 Å². The highest BCUT2D eigenvalue weighted by molar-refractivity contribution is 5.90. The summed E-state index contributed by atoms with van der Waals surface area (Å²) in [5.74, 6) is -0.671. The molecule has 0 spiro atoms. The average Bonchev–Trinajstić information content (AvgIpc) is 3.17. The second-order valence-electron chi connectivity index (χ2n) is 6.79. The Bertz CT molecular complexity index is 1240. The smallest absolute Gasteiger partial charge is 0.241 e. The van der Waals surface area contributed by atoms with Crippen LogP contribution in [0, 0.1) is 19.7 Å². The highest BCUT2D eigenvalue weighted by atomic mass is 19.1. The molecule has 0 aromatic carbocycles. The molecule has 0 radical (unpaired) electrons. The van der Waals surface area contributed by atoms with Crippen molar-refractivity contribution in [1.82, 2.24) is 30.0 Å². The van der Waals surface area contributed by atoms with Gasteiger partial charge >= 0.3 is 0 Å². The third-order valence-electron chi connectivity index (χ3n) is 4.83. The zero-order valence-corrected chi connectivity index (χ0v) is 16.8. The molecular formula is C21H20FN7O. The molecule has 4 heterocycles. The van der Waals surface area contributed by atoms with Crippen LogP contribution >= 0.6 is 0 Å². The number of anilines is 2. The van der Waals surface area contributed by atoms with Crippen LogP contribution in [0.25, 0.3) is 22.4 Å². The first-order valence-electron chi connectivity index (χ1n) is 9.35. The maximum atomic E-state index is 15.4. The van der Waals surface area contributed by atoms with Gasteiger partial charge in [-0.1, -0.05) is 6.07 Å². The van der Waals surface area contributed by atoms with E-state index in [4.69, 9.17) is 0 Å². The number of likely N-dealkylation sites (N-methyl/N-ethyl adjacent to an activating group) is 1. The van der Waals surface area contributed by atoms with E-state index in [0.29, 0.717) is 39.4 Å². The number of nitrogens with zero attached hydrogens (tertiary/aromatic N) is 5. The molecule has 0 saturated heterocycles. The number of carbonyl (C=O) groups excluding carboxylic acids is 1. The maximum Gasteiger partial charge on any atom is 0.241 e. The lowest BCUT2D eigenvalue weighted by atomic mass is 10.1. The van der Waals surface area contributed by atoms with Crippen LogP contribution in [0.1, 0.15) is 11.3 Å². The summed E-state index contributed by atoms with van der Waals surface area (Å²) >= 11 is 0. The van der Waals surface area contributed by atoms with Crippen molar-refractivity contribution in [2.24, 2.45) is 0 Å². The summed E-state index contributed by atoms with van der Waals surface area (Å²) in [6.45, 7) is 3.70. The average molecular weight is 405 g/mol. The predicted octanol–water partition coefficient (Wildman–Crippen LogP) is 3.13. The molecule has 0 aliphatic carbocycles. The Morgan fingerprint density at radius 2 is 2.00 bits per heavy atom. The lowest BCUT2D eigenvalue weighted by molar-refractivity contribution is -0.121. The largest absolute Gasteiger partial charge is 0.358 e. The van der Waals surface area contributed by atoms with Crippen molar-refractivity contribution in [2.45, 2.75) is 20.4 Å². The molecule has 0 bridgehead atoms. The zero-order valence-electron chi connectivity index (χ0n) is 16.8. The highest BCUT2D eigenvalue weighted by Crippen LogP contribution is 2.33. The number of fused-ring (bicyclic) bond motifs is 1. The first kappa shape index (κ1) is 19.4. The minimum atomic E-state index is -0.494. The normalized spacial score (nSPS) is 10.9. The molecule has 8 nitrogen and oxygen atoms in total. The number of rotatable bonds is 5. The molecule has 0 fully saturated rings. The third-order valence-corrected chi connectivity index (χ3v) is 4.83. The number of hydrogen-bond acceptors (Lipinski definition) is 6. The molecule has 4 aromatic rings. The highest BCUT2D eigenvalue weighted by Gasteiger charge is 2.19. The standard InChI is InChI=1S/C21H20FN7O/c1-12-13(2)26-21(14-6-4-5-8-24-14)18(22)19(12)27-15-7-9-25-16-10-29(28-20(15)16)11-17(30)23-3/h4-10H,11H2,1-3H3,(H,23,30)(H,26,27). The molecule has 152 valence electrons. The Balaban J connectivity index is 1.78. The molecule has 0 unspecified atom stereocenters. The Labute approximate surface area is 172 Å². The summed E-state index contributed by atoms with van der Waals surface area (Å²) in [4.78, 5) is 24.6. The zero-order chi connectivity index (χ0) is 21.3. The van der Waals surface area contributed by atoms with Crippen LogP contribution in [-0.2, 0) is 11.3 Å². The van der Waals surface area contributed by atoms with Crippen LogP contribution in [0.2, 0.25) is 0 Å². The third kappa shape index (κ3) is 3.57. The fourth-order valence-electron chi connectivity index (χ4n) is 3.10. The van der Waals surface area contributed by atoms with Crippen LogP contribution < -0.4 is 10.6 Å². The van der Waals surface area contributed by atoms with Gasteiger partial charge in [0.05, 0.1) is 23.3 Å².